The SMILES string of the molecule is CCCc1ccc(C(N)c2ncc(C)cn2)cc1. The lowest BCUT2D eigenvalue weighted by atomic mass is 10.0. The van der Waals surface area contributed by atoms with E-state index >= 15 is 0 Å². The monoisotopic (exact) mass is 241 g/mol. The molecule has 1 unspecified atom stereocenters. The summed E-state index contributed by atoms with van der Waals surface area (Å²) in [5.41, 5.74) is 9.61. The molecule has 3 heteroatoms. The maximum atomic E-state index is 6.17. The molecular weight excluding hydrogens is 222 g/mol. The van der Waals surface area contributed by atoms with Gasteiger partial charge in [-0.25, -0.2) is 9.97 Å². The molecule has 0 saturated carbocycles. The van der Waals surface area contributed by atoms with Crippen molar-refractivity contribution in [1.29, 1.82) is 0 Å². The van der Waals surface area contributed by atoms with Crippen molar-refractivity contribution in [2.24, 2.45) is 5.73 Å². The third-order valence-corrected chi connectivity index (χ3v) is 2.96. The minimum absolute atomic E-state index is 0.249. The van der Waals surface area contributed by atoms with E-state index in [0.717, 1.165) is 24.0 Å². The van der Waals surface area contributed by atoms with E-state index < -0.39 is 0 Å². The van der Waals surface area contributed by atoms with Gasteiger partial charge in [-0.05, 0) is 30.0 Å². The second-order valence-corrected chi connectivity index (χ2v) is 4.59. The van der Waals surface area contributed by atoms with Crippen LogP contribution in [0.15, 0.2) is 36.7 Å². The average molecular weight is 241 g/mol. The molecule has 3 nitrogen and oxygen atoms in total. The van der Waals surface area contributed by atoms with Crippen LogP contribution in [-0.4, -0.2) is 9.97 Å². The molecule has 1 atom stereocenters. The van der Waals surface area contributed by atoms with Crippen molar-refractivity contribution in [3.05, 3.63) is 59.2 Å². The van der Waals surface area contributed by atoms with Crippen molar-refractivity contribution in [2.75, 3.05) is 0 Å². The molecule has 0 aliphatic heterocycles. The summed E-state index contributed by atoms with van der Waals surface area (Å²) in [6.45, 7) is 4.15. The van der Waals surface area contributed by atoms with Crippen molar-refractivity contribution < 1.29 is 0 Å². The fourth-order valence-electron chi connectivity index (χ4n) is 1.89. The fourth-order valence-corrected chi connectivity index (χ4v) is 1.89. The number of aryl methyl sites for hydroxylation is 2. The Balaban J connectivity index is 2.17. The molecule has 0 bridgehead atoms. The Bertz CT molecular complexity index is 488. The predicted molar refractivity (Wildman–Crippen MR) is 73.2 cm³/mol. The van der Waals surface area contributed by atoms with Crippen molar-refractivity contribution in [3.8, 4) is 0 Å². The number of hydrogen-bond acceptors (Lipinski definition) is 3. The summed E-state index contributed by atoms with van der Waals surface area (Å²) in [5.74, 6) is 0.670. The first-order chi connectivity index (χ1) is 8.70. The van der Waals surface area contributed by atoms with Crippen LogP contribution in [0.3, 0.4) is 0 Å². The van der Waals surface area contributed by atoms with Crippen LogP contribution in [0, 0.1) is 6.92 Å². The van der Waals surface area contributed by atoms with E-state index in [1.54, 1.807) is 12.4 Å². The highest BCUT2D eigenvalue weighted by molar-refractivity contribution is 5.28. The number of benzene rings is 1. The molecule has 0 fully saturated rings. The molecule has 0 saturated heterocycles. The lowest BCUT2D eigenvalue weighted by molar-refractivity contribution is 0.776. The van der Waals surface area contributed by atoms with Crippen LogP contribution in [-0.2, 0) is 6.42 Å². The molecule has 2 aromatic rings. The summed E-state index contributed by atoms with van der Waals surface area (Å²) in [5, 5.41) is 0. The van der Waals surface area contributed by atoms with Gasteiger partial charge in [0.2, 0.25) is 0 Å². The van der Waals surface area contributed by atoms with Crippen molar-refractivity contribution in [1.82, 2.24) is 9.97 Å². The van der Waals surface area contributed by atoms with E-state index in [2.05, 4.69) is 41.2 Å². The Kier molecular flexibility index (Phi) is 4.05. The number of aromatic nitrogens is 2. The molecule has 1 heterocycles. The van der Waals surface area contributed by atoms with Crippen LogP contribution < -0.4 is 5.73 Å². The topological polar surface area (TPSA) is 51.8 Å². The smallest absolute Gasteiger partial charge is 0.149 e. The van der Waals surface area contributed by atoms with Crippen LogP contribution >= 0.6 is 0 Å². The maximum absolute atomic E-state index is 6.17. The van der Waals surface area contributed by atoms with Gasteiger partial charge in [0.05, 0.1) is 6.04 Å². The van der Waals surface area contributed by atoms with E-state index in [1.807, 2.05) is 6.92 Å². The highest BCUT2D eigenvalue weighted by atomic mass is 14.9. The van der Waals surface area contributed by atoms with E-state index in [1.165, 1.54) is 5.56 Å². The van der Waals surface area contributed by atoms with Gasteiger partial charge in [0.1, 0.15) is 5.82 Å². The standard InChI is InChI=1S/C15H19N3/c1-3-4-12-5-7-13(8-6-12)14(16)15-17-9-11(2)10-18-15/h5-10,14H,3-4,16H2,1-2H3. The highest BCUT2D eigenvalue weighted by Crippen LogP contribution is 2.17. The number of nitrogens with zero attached hydrogens (tertiary/aromatic N) is 2. The Hall–Kier alpha value is -1.74. The third-order valence-electron chi connectivity index (χ3n) is 2.96. The lowest BCUT2D eigenvalue weighted by Crippen LogP contribution is -2.15. The van der Waals surface area contributed by atoms with Crippen molar-refractivity contribution >= 4 is 0 Å². The molecule has 0 amide bonds. The minimum atomic E-state index is -0.249. The van der Waals surface area contributed by atoms with E-state index in [-0.39, 0.29) is 6.04 Å². The van der Waals surface area contributed by atoms with Gasteiger partial charge in [-0.2, -0.15) is 0 Å². The molecular formula is C15H19N3. The van der Waals surface area contributed by atoms with Crippen molar-refractivity contribution in [3.63, 3.8) is 0 Å². The molecule has 2 N–H and O–H groups in total. The van der Waals surface area contributed by atoms with E-state index in [4.69, 9.17) is 5.73 Å². The zero-order valence-corrected chi connectivity index (χ0v) is 10.9. The van der Waals surface area contributed by atoms with Gasteiger partial charge >= 0.3 is 0 Å². The predicted octanol–water partition coefficient (Wildman–Crippen LogP) is 2.79. The molecule has 94 valence electrons. The molecule has 2 rings (SSSR count). The minimum Gasteiger partial charge on any atom is -0.318 e. The van der Waals surface area contributed by atoms with Crippen LogP contribution in [0.4, 0.5) is 0 Å². The fraction of sp³-hybridized carbons (Fsp3) is 0.333. The quantitative estimate of drug-likeness (QED) is 0.895. The molecule has 0 aliphatic rings. The van der Waals surface area contributed by atoms with Crippen molar-refractivity contribution in [2.45, 2.75) is 32.7 Å². The van der Waals surface area contributed by atoms with Gasteiger partial charge in [-0.1, -0.05) is 37.6 Å². The zero-order chi connectivity index (χ0) is 13.0. The van der Waals surface area contributed by atoms with Gasteiger partial charge in [-0.3, -0.25) is 0 Å². The number of nitrogens with two attached hydrogens (primary N) is 1. The first kappa shape index (κ1) is 12.7. The number of rotatable bonds is 4. The second kappa shape index (κ2) is 5.74. The van der Waals surface area contributed by atoms with Gasteiger partial charge < -0.3 is 5.73 Å². The van der Waals surface area contributed by atoms with Gasteiger partial charge in [0.25, 0.3) is 0 Å². The van der Waals surface area contributed by atoms with Gasteiger partial charge in [0.15, 0.2) is 0 Å². The molecule has 0 aliphatic carbocycles. The molecule has 1 aromatic heterocycles. The molecule has 0 radical (unpaired) electrons. The summed E-state index contributed by atoms with van der Waals surface area (Å²) >= 11 is 0. The van der Waals surface area contributed by atoms with Crippen LogP contribution in [0.5, 0.6) is 0 Å². The second-order valence-electron chi connectivity index (χ2n) is 4.59. The van der Waals surface area contributed by atoms with E-state index in [0.29, 0.717) is 5.82 Å². The Morgan fingerprint density at radius 1 is 1.11 bits per heavy atom. The average Bonchev–Trinajstić information content (AvgIpc) is 2.40. The van der Waals surface area contributed by atoms with Crippen LogP contribution in [0.25, 0.3) is 0 Å². The Morgan fingerprint density at radius 2 is 1.72 bits per heavy atom. The summed E-state index contributed by atoms with van der Waals surface area (Å²) in [6.07, 6.45) is 5.87. The molecule has 0 spiro atoms. The van der Waals surface area contributed by atoms with Gasteiger partial charge in [-0.15, -0.1) is 0 Å². The third kappa shape index (κ3) is 2.93. The first-order valence-electron chi connectivity index (χ1n) is 6.33. The summed E-state index contributed by atoms with van der Waals surface area (Å²) < 4.78 is 0. The largest absolute Gasteiger partial charge is 0.318 e. The number of hydrogen-bond donors (Lipinski definition) is 1. The Morgan fingerprint density at radius 3 is 2.28 bits per heavy atom. The molecule has 18 heavy (non-hydrogen) atoms. The normalized spacial score (nSPS) is 12.4. The summed E-state index contributed by atoms with van der Waals surface area (Å²) in [6, 6.07) is 8.15. The lowest BCUT2D eigenvalue weighted by Gasteiger charge is -2.11. The Labute approximate surface area is 108 Å². The van der Waals surface area contributed by atoms with E-state index in [9.17, 15) is 0 Å². The molecule has 1 aromatic carbocycles. The summed E-state index contributed by atoms with van der Waals surface area (Å²) in [4.78, 5) is 8.55. The van der Waals surface area contributed by atoms with Crippen LogP contribution in [0.1, 0.15) is 41.9 Å². The maximum Gasteiger partial charge on any atom is 0.149 e. The van der Waals surface area contributed by atoms with Crippen LogP contribution in [0.2, 0.25) is 0 Å². The zero-order valence-electron chi connectivity index (χ0n) is 10.9. The highest BCUT2D eigenvalue weighted by Gasteiger charge is 2.11. The van der Waals surface area contributed by atoms with Gasteiger partial charge in [0, 0.05) is 12.4 Å². The summed E-state index contributed by atoms with van der Waals surface area (Å²) in [7, 11) is 0. The first-order valence-corrected chi connectivity index (χ1v) is 6.33.